The summed E-state index contributed by atoms with van der Waals surface area (Å²) in [4.78, 5) is 27.6. The molecule has 2 rings (SSSR count). The van der Waals surface area contributed by atoms with Crippen LogP contribution in [-0.2, 0) is 26.2 Å². The van der Waals surface area contributed by atoms with Crippen LogP contribution in [0.1, 0.15) is 26.3 Å². The average molecular weight is 530 g/mol. The van der Waals surface area contributed by atoms with Gasteiger partial charge in [-0.05, 0) is 56.7 Å². The molecular weight excluding hydrogens is 501 g/mol. The fraction of sp³-hybridized carbons (Fsp3) is 0.391. The van der Waals surface area contributed by atoms with Gasteiger partial charge in [0.1, 0.15) is 18.3 Å². The van der Waals surface area contributed by atoms with Crippen molar-refractivity contribution < 1.29 is 22.7 Å². The van der Waals surface area contributed by atoms with Gasteiger partial charge in [-0.3, -0.25) is 13.9 Å². The molecule has 2 aromatic rings. The minimum Gasteiger partial charge on any atom is -0.495 e. The normalized spacial score (nSPS) is 12.2. The predicted molar refractivity (Wildman–Crippen MR) is 135 cm³/mol. The Balaban J connectivity index is 2.45. The summed E-state index contributed by atoms with van der Waals surface area (Å²) in [5.74, 6) is -0.699. The number of carbonyl (C=O) groups excluding carboxylic acids is 2. The number of nitrogens with one attached hydrogen (secondary N) is 1. The molecule has 8 nitrogen and oxygen atoms in total. The molecule has 0 aromatic heterocycles. The number of nitrogens with zero attached hydrogens (tertiary/aromatic N) is 2. The smallest absolute Gasteiger partial charge is 0.244 e. The number of hydrogen-bond acceptors (Lipinski definition) is 5. The zero-order valence-electron chi connectivity index (χ0n) is 19.7. The van der Waals surface area contributed by atoms with Crippen molar-refractivity contribution in [3.8, 4) is 5.75 Å². The lowest BCUT2D eigenvalue weighted by Gasteiger charge is -2.32. The highest BCUT2D eigenvalue weighted by atomic mass is 35.5. The topological polar surface area (TPSA) is 96.0 Å². The highest BCUT2D eigenvalue weighted by Gasteiger charge is 2.31. The van der Waals surface area contributed by atoms with Gasteiger partial charge in [-0.15, -0.1) is 0 Å². The van der Waals surface area contributed by atoms with Gasteiger partial charge in [0.25, 0.3) is 0 Å². The molecule has 0 saturated carbocycles. The summed E-state index contributed by atoms with van der Waals surface area (Å²) < 4.78 is 31.6. The number of halogens is 2. The second-order valence-electron chi connectivity index (χ2n) is 8.07. The lowest BCUT2D eigenvalue weighted by molar-refractivity contribution is -0.139. The molecule has 2 amide bonds. The van der Waals surface area contributed by atoms with Crippen molar-refractivity contribution in [1.82, 2.24) is 10.2 Å². The van der Waals surface area contributed by atoms with Gasteiger partial charge in [0.15, 0.2) is 0 Å². The summed E-state index contributed by atoms with van der Waals surface area (Å²) in [6, 6.07) is 10.3. The van der Waals surface area contributed by atoms with E-state index in [9.17, 15) is 18.0 Å². The molecule has 1 N–H and O–H groups in total. The summed E-state index contributed by atoms with van der Waals surface area (Å²) >= 11 is 12.1. The van der Waals surface area contributed by atoms with Crippen LogP contribution in [0.4, 0.5) is 5.69 Å². The van der Waals surface area contributed by atoms with Crippen molar-refractivity contribution in [2.45, 2.75) is 39.4 Å². The van der Waals surface area contributed by atoms with Crippen molar-refractivity contribution in [2.75, 3.05) is 24.2 Å². The molecule has 0 radical (unpaired) electrons. The molecule has 0 unspecified atom stereocenters. The van der Waals surface area contributed by atoms with Crippen LogP contribution < -0.4 is 14.4 Å². The zero-order chi connectivity index (χ0) is 25.6. The summed E-state index contributed by atoms with van der Waals surface area (Å²) in [5.41, 5.74) is 0.852. The van der Waals surface area contributed by atoms with Crippen LogP contribution in [0.15, 0.2) is 42.5 Å². The molecule has 186 valence electrons. The lowest BCUT2D eigenvalue weighted by atomic mass is 10.1. The molecular formula is C23H29Cl2N3O5S. The van der Waals surface area contributed by atoms with E-state index in [1.807, 2.05) is 13.8 Å². The second kappa shape index (κ2) is 11.8. The molecule has 0 fully saturated rings. The van der Waals surface area contributed by atoms with E-state index in [4.69, 9.17) is 27.9 Å². The number of methoxy groups -OCH3 is 1. The van der Waals surface area contributed by atoms with Crippen molar-refractivity contribution >= 4 is 50.7 Å². The minimum atomic E-state index is -3.91. The Morgan fingerprint density at radius 3 is 2.15 bits per heavy atom. The number of rotatable bonds is 10. The van der Waals surface area contributed by atoms with Gasteiger partial charge in [0.2, 0.25) is 21.8 Å². The number of ether oxygens (including phenoxy) is 1. The molecule has 0 spiro atoms. The van der Waals surface area contributed by atoms with Crippen molar-refractivity contribution in [3.05, 3.63) is 58.1 Å². The number of hydrogen-bond donors (Lipinski definition) is 1. The molecule has 1 atom stereocenters. The first-order valence-corrected chi connectivity index (χ1v) is 13.1. The Morgan fingerprint density at radius 1 is 1.03 bits per heavy atom. The number of carbonyl (C=O) groups is 2. The van der Waals surface area contributed by atoms with Crippen LogP contribution in [0.5, 0.6) is 5.75 Å². The minimum absolute atomic E-state index is 0.0764. The van der Waals surface area contributed by atoms with E-state index in [-0.39, 0.29) is 35.0 Å². The molecule has 0 aliphatic heterocycles. The van der Waals surface area contributed by atoms with E-state index in [1.54, 1.807) is 37.3 Å². The summed E-state index contributed by atoms with van der Waals surface area (Å²) in [5, 5.41) is 3.60. The Morgan fingerprint density at radius 2 is 1.62 bits per heavy atom. The zero-order valence-corrected chi connectivity index (χ0v) is 22.0. The van der Waals surface area contributed by atoms with Crippen molar-refractivity contribution in [1.29, 1.82) is 0 Å². The number of benzene rings is 2. The van der Waals surface area contributed by atoms with Crippen molar-refractivity contribution in [3.63, 3.8) is 0 Å². The van der Waals surface area contributed by atoms with Gasteiger partial charge >= 0.3 is 0 Å². The van der Waals surface area contributed by atoms with E-state index in [1.165, 1.54) is 24.1 Å². The predicted octanol–water partition coefficient (Wildman–Crippen LogP) is 3.71. The number of sulfonamides is 1. The van der Waals surface area contributed by atoms with E-state index < -0.39 is 28.5 Å². The molecule has 0 saturated heterocycles. The molecule has 0 aliphatic rings. The van der Waals surface area contributed by atoms with Crippen LogP contribution in [0, 0.1) is 0 Å². The maximum atomic E-state index is 13.5. The van der Waals surface area contributed by atoms with Gasteiger partial charge < -0.3 is 15.0 Å². The first-order chi connectivity index (χ1) is 15.8. The molecule has 0 heterocycles. The maximum Gasteiger partial charge on any atom is 0.244 e. The molecule has 2 aromatic carbocycles. The lowest BCUT2D eigenvalue weighted by Crippen LogP contribution is -2.52. The monoisotopic (exact) mass is 529 g/mol. The van der Waals surface area contributed by atoms with Crippen LogP contribution in [-0.4, -0.2) is 57.1 Å². The second-order valence-corrected chi connectivity index (χ2v) is 10.9. The largest absolute Gasteiger partial charge is 0.495 e. The SMILES string of the molecule is COc1ccc(Cl)cc1N(CC(=O)N(Cc1ccc(Cl)cc1)[C@@H](C)C(=O)NC(C)C)S(C)(=O)=O. The molecule has 34 heavy (non-hydrogen) atoms. The van der Waals surface area contributed by atoms with Crippen molar-refractivity contribution in [2.24, 2.45) is 0 Å². The standard InChI is InChI=1S/C23H29Cl2N3O5S/c1-15(2)26-23(30)16(3)27(13-17-6-8-18(24)9-7-17)22(29)14-28(34(5,31)32)20-12-19(25)10-11-21(20)33-4/h6-12,15-16H,13-14H2,1-5H3,(H,26,30)/t16-/m0/s1. The summed E-state index contributed by atoms with van der Waals surface area (Å²) in [7, 11) is -2.52. The third-order valence-corrected chi connectivity index (χ3v) is 6.57. The fourth-order valence-electron chi connectivity index (χ4n) is 3.23. The van der Waals surface area contributed by atoms with Gasteiger partial charge in [0, 0.05) is 22.6 Å². The van der Waals surface area contributed by atoms with Gasteiger partial charge in [0.05, 0.1) is 19.1 Å². The summed E-state index contributed by atoms with van der Waals surface area (Å²) in [6.45, 7) is 4.74. The van der Waals surface area contributed by atoms with Crippen LogP contribution >= 0.6 is 23.2 Å². The quantitative estimate of drug-likeness (QED) is 0.506. The fourth-order valence-corrected chi connectivity index (χ4v) is 4.36. The highest BCUT2D eigenvalue weighted by Crippen LogP contribution is 2.33. The van der Waals surface area contributed by atoms with E-state index in [0.29, 0.717) is 5.02 Å². The third-order valence-electron chi connectivity index (χ3n) is 4.95. The summed E-state index contributed by atoms with van der Waals surface area (Å²) in [6.07, 6.45) is 0.985. The number of anilines is 1. The van der Waals surface area contributed by atoms with E-state index in [2.05, 4.69) is 5.32 Å². The Kier molecular flexibility index (Phi) is 9.61. The molecule has 0 aliphatic carbocycles. The van der Waals surface area contributed by atoms with Crippen LogP contribution in [0.3, 0.4) is 0 Å². The van der Waals surface area contributed by atoms with Crippen LogP contribution in [0.25, 0.3) is 0 Å². The first kappa shape index (κ1) is 27.8. The van der Waals surface area contributed by atoms with Gasteiger partial charge in [-0.1, -0.05) is 35.3 Å². The molecule has 11 heteroatoms. The van der Waals surface area contributed by atoms with E-state index in [0.717, 1.165) is 16.1 Å². The van der Waals surface area contributed by atoms with E-state index >= 15 is 0 Å². The maximum absolute atomic E-state index is 13.5. The number of amides is 2. The van der Waals surface area contributed by atoms with Crippen LogP contribution in [0.2, 0.25) is 10.0 Å². The third kappa shape index (κ3) is 7.51. The highest BCUT2D eigenvalue weighted by molar-refractivity contribution is 7.92. The first-order valence-electron chi connectivity index (χ1n) is 10.5. The van der Waals surface area contributed by atoms with Gasteiger partial charge in [-0.2, -0.15) is 0 Å². The van der Waals surface area contributed by atoms with Gasteiger partial charge in [-0.25, -0.2) is 8.42 Å². The Hall–Kier alpha value is -2.49. The average Bonchev–Trinajstić information content (AvgIpc) is 2.75. The Labute approximate surface area is 210 Å². The Bertz CT molecular complexity index is 1120. The molecule has 0 bridgehead atoms.